The number of aromatic hydroxyl groups is 1. The number of rotatable bonds is 6. The van der Waals surface area contributed by atoms with E-state index in [2.05, 4.69) is 23.3 Å². The second-order valence-corrected chi connectivity index (χ2v) is 12.6. The van der Waals surface area contributed by atoms with Crippen LogP contribution < -0.4 is 10.1 Å². The van der Waals surface area contributed by atoms with Crippen LogP contribution in [0.2, 0.25) is 0 Å². The number of nitrogens with zero attached hydrogens (tertiary/aromatic N) is 1. The maximum Gasteiger partial charge on any atom is 0.324 e. The minimum absolute atomic E-state index is 0.110. The van der Waals surface area contributed by atoms with Crippen LogP contribution in [0.3, 0.4) is 0 Å². The maximum atomic E-state index is 13.5. The van der Waals surface area contributed by atoms with Gasteiger partial charge in [-0.25, -0.2) is 0 Å². The smallest absolute Gasteiger partial charge is 0.324 e. The number of benzene rings is 2. The number of hydrogen-bond acceptors (Lipinski definition) is 7. The molecule has 2 aromatic rings. The van der Waals surface area contributed by atoms with Gasteiger partial charge in [0.25, 0.3) is 0 Å². The summed E-state index contributed by atoms with van der Waals surface area (Å²) in [6.07, 6.45) is 3.64. The van der Waals surface area contributed by atoms with Crippen molar-refractivity contribution in [1.82, 2.24) is 10.2 Å². The molecule has 2 N–H and O–H groups in total. The number of methoxy groups -OCH3 is 1. The number of hydrogen-bond donors (Lipinski definition) is 2. The number of carbonyl (C=O) groups excluding carboxylic acids is 1. The van der Waals surface area contributed by atoms with Crippen molar-refractivity contribution in [3.63, 3.8) is 0 Å². The van der Waals surface area contributed by atoms with E-state index in [-0.39, 0.29) is 29.9 Å². The molecule has 0 aromatic heterocycles. The first-order valence-corrected chi connectivity index (χ1v) is 13.9. The van der Waals surface area contributed by atoms with E-state index in [4.69, 9.17) is 14.2 Å². The van der Waals surface area contributed by atoms with Crippen molar-refractivity contribution < 1.29 is 24.1 Å². The molecular formula is C31H40N2O5. The average Bonchev–Trinajstić information content (AvgIpc) is 3.24. The third-order valence-corrected chi connectivity index (χ3v) is 9.44. The van der Waals surface area contributed by atoms with E-state index >= 15 is 0 Å². The van der Waals surface area contributed by atoms with Crippen molar-refractivity contribution in [2.45, 2.75) is 93.7 Å². The van der Waals surface area contributed by atoms with E-state index in [0.717, 1.165) is 43.4 Å². The number of carbonyl (C=O) groups is 1. The van der Waals surface area contributed by atoms with Crippen molar-refractivity contribution in [1.29, 1.82) is 0 Å². The molecule has 2 heterocycles. The van der Waals surface area contributed by atoms with Crippen molar-refractivity contribution in [3.8, 4) is 11.5 Å². The first-order chi connectivity index (χ1) is 18.1. The molecule has 2 bridgehead atoms. The number of likely N-dealkylation sites (N-methyl/N-ethyl adjacent to an activating group) is 1. The normalized spacial score (nSPS) is 32.3. The molecule has 2 fully saturated rings. The molecule has 6 atom stereocenters. The second kappa shape index (κ2) is 8.97. The Hall–Kier alpha value is -2.61. The number of piperidine rings is 1. The summed E-state index contributed by atoms with van der Waals surface area (Å²) in [6, 6.07) is 13.5. The Labute approximate surface area is 225 Å². The van der Waals surface area contributed by atoms with Crippen LogP contribution in [0, 0.1) is 0 Å². The van der Waals surface area contributed by atoms with Gasteiger partial charge in [-0.2, -0.15) is 0 Å². The molecule has 1 spiro atoms. The third-order valence-electron chi connectivity index (χ3n) is 9.44. The SMILES string of the molecule is CO[C@@]12CC[C@H](N[C@@H](Cc3ccccc3)C(=O)OC(C)(C)C)[C@@H]3Oc4c(O)ccc5c4[C@@]31CCN(C)[C@@H]2C5. The molecule has 204 valence electrons. The quantitative estimate of drug-likeness (QED) is 0.562. The Morgan fingerprint density at radius 3 is 2.68 bits per heavy atom. The molecule has 38 heavy (non-hydrogen) atoms. The molecule has 0 radical (unpaired) electrons. The molecule has 0 amide bonds. The zero-order valence-electron chi connectivity index (χ0n) is 23.1. The Balaban J connectivity index is 1.40. The largest absolute Gasteiger partial charge is 0.504 e. The molecule has 2 aliphatic carbocycles. The van der Waals surface area contributed by atoms with E-state index in [9.17, 15) is 9.90 Å². The van der Waals surface area contributed by atoms with Crippen LogP contribution in [0.25, 0.3) is 0 Å². The molecule has 6 rings (SSSR count). The lowest BCUT2D eigenvalue weighted by molar-refractivity contribution is -0.204. The lowest BCUT2D eigenvalue weighted by atomic mass is 9.48. The summed E-state index contributed by atoms with van der Waals surface area (Å²) in [5.74, 6) is 0.524. The van der Waals surface area contributed by atoms with Crippen LogP contribution in [0.4, 0.5) is 0 Å². The fourth-order valence-corrected chi connectivity index (χ4v) is 8.00. The highest BCUT2D eigenvalue weighted by Crippen LogP contribution is 2.66. The summed E-state index contributed by atoms with van der Waals surface area (Å²) in [4.78, 5) is 15.9. The van der Waals surface area contributed by atoms with Crippen LogP contribution in [0.1, 0.15) is 56.7 Å². The van der Waals surface area contributed by atoms with Gasteiger partial charge >= 0.3 is 5.97 Å². The van der Waals surface area contributed by atoms with Crippen molar-refractivity contribution >= 4 is 5.97 Å². The average molecular weight is 521 g/mol. The summed E-state index contributed by atoms with van der Waals surface area (Å²) >= 11 is 0. The Morgan fingerprint density at radius 2 is 1.97 bits per heavy atom. The number of likely N-dealkylation sites (tertiary alicyclic amines) is 1. The molecule has 2 aliphatic heterocycles. The highest BCUT2D eigenvalue weighted by Gasteiger charge is 2.73. The molecule has 7 nitrogen and oxygen atoms in total. The number of phenols is 1. The Bertz CT molecular complexity index is 1230. The summed E-state index contributed by atoms with van der Waals surface area (Å²) < 4.78 is 19.2. The first-order valence-electron chi connectivity index (χ1n) is 13.9. The molecule has 7 heteroatoms. The molecular weight excluding hydrogens is 480 g/mol. The topological polar surface area (TPSA) is 80.3 Å². The predicted octanol–water partition coefficient (Wildman–Crippen LogP) is 3.74. The number of phenolic OH excluding ortho intramolecular Hbond substituents is 1. The third kappa shape index (κ3) is 3.69. The monoisotopic (exact) mass is 520 g/mol. The lowest BCUT2D eigenvalue weighted by Crippen LogP contribution is -2.78. The van der Waals surface area contributed by atoms with Crippen LogP contribution in [-0.4, -0.2) is 72.1 Å². The van der Waals surface area contributed by atoms with Gasteiger partial charge in [0, 0.05) is 24.8 Å². The van der Waals surface area contributed by atoms with E-state index in [1.807, 2.05) is 58.2 Å². The minimum atomic E-state index is -0.588. The predicted molar refractivity (Wildman–Crippen MR) is 145 cm³/mol. The minimum Gasteiger partial charge on any atom is -0.504 e. The zero-order chi connectivity index (χ0) is 26.9. The van der Waals surface area contributed by atoms with Gasteiger partial charge in [0.1, 0.15) is 17.7 Å². The van der Waals surface area contributed by atoms with Crippen molar-refractivity contribution in [2.75, 3.05) is 20.7 Å². The second-order valence-electron chi connectivity index (χ2n) is 12.6. The number of ether oxygens (including phenoxy) is 3. The maximum absolute atomic E-state index is 13.5. The highest BCUT2D eigenvalue weighted by atomic mass is 16.6. The van der Waals surface area contributed by atoms with Crippen molar-refractivity contribution in [2.24, 2.45) is 0 Å². The van der Waals surface area contributed by atoms with Gasteiger partial charge in [-0.05, 0) is 83.7 Å². The Morgan fingerprint density at radius 1 is 1.21 bits per heavy atom. The van der Waals surface area contributed by atoms with Gasteiger partial charge in [0.2, 0.25) is 0 Å². The molecule has 4 aliphatic rings. The summed E-state index contributed by atoms with van der Waals surface area (Å²) in [5.41, 5.74) is 2.02. The van der Waals surface area contributed by atoms with Gasteiger partial charge in [0.15, 0.2) is 11.5 Å². The lowest BCUT2D eigenvalue weighted by Gasteiger charge is -2.65. The fraction of sp³-hybridized carbons (Fsp3) is 0.581. The van der Waals surface area contributed by atoms with E-state index < -0.39 is 22.7 Å². The Kier molecular flexibility index (Phi) is 6.05. The molecule has 0 unspecified atom stereocenters. The van der Waals surface area contributed by atoms with E-state index in [1.165, 1.54) is 5.56 Å². The van der Waals surface area contributed by atoms with Crippen LogP contribution >= 0.6 is 0 Å². The fourth-order valence-electron chi connectivity index (χ4n) is 8.00. The van der Waals surface area contributed by atoms with Crippen LogP contribution in [0.5, 0.6) is 11.5 Å². The van der Waals surface area contributed by atoms with E-state index in [1.54, 1.807) is 6.07 Å². The molecule has 1 saturated heterocycles. The van der Waals surface area contributed by atoms with Gasteiger partial charge < -0.3 is 24.2 Å². The molecule has 1 saturated carbocycles. The zero-order valence-corrected chi connectivity index (χ0v) is 23.1. The summed E-state index contributed by atoms with van der Waals surface area (Å²) in [6.45, 7) is 6.63. The van der Waals surface area contributed by atoms with Gasteiger partial charge in [-0.15, -0.1) is 0 Å². The van der Waals surface area contributed by atoms with E-state index in [0.29, 0.717) is 12.2 Å². The highest BCUT2D eigenvalue weighted by molar-refractivity contribution is 5.77. The van der Waals surface area contributed by atoms with Gasteiger partial charge in [-0.1, -0.05) is 36.4 Å². The summed E-state index contributed by atoms with van der Waals surface area (Å²) in [7, 11) is 4.03. The molecule has 2 aromatic carbocycles. The standard InChI is InChI=1S/C31H40N2O5/c1-29(2,3)38-28(35)22(17-19-9-7-6-8-10-19)32-21-13-14-31(36-5)24-18-20-11-12-23(34)26-25(20)30(31,27(21)37-26)15-16-33(24)4/h6-12,21-22,24,27,32,34H,13-18H2,1-5H3/t21-,22-,24+,27-,30-,31+/m0/s1. The van der Waals surface area contributed by atoms with Crippen LogP contribution in [-0.2, 0) is 32.5 Å². The van der Waals surface area contributed by atoms with Crippen molar-refractivity contribution in [3.05, 3.63) is 59.2 Å². The first kappa shape index (κ1) is 25.7. The summed E-state index contributed by atoms with van der Waals surface area (Å²) in [5, 5.41) is 14.6. The van der Waals surface area contributed by atoms with Crippen LogP contribution in [0.15, 0.2) is 42.5 Å². The number of nitrogens with one attached hydrogen (secondary N) is 1. The number of esters is 1. The van der Waals surface area contributed by atoms with Gasteiger partial charge in [0.05, 0.1) is 11.0 Å². The van der Waals surface area contributed by atoms with Gasteiger partial charge in [-0.3, -0.25) is 10.1 Å².